The Morgan fingerprint density at radius 1 is 1.21 bits per heavy atom. The second-order valence-corrected chi connectivity index (χ2v) is 9.23. The summed E-state index contributed by atoms with van der Waals surface area (Å²) in [4.78, 5) is 28.3. The van der Waals surface area contributed by atoms with E-state index >= 15 is 0 Å². The molecule has 0 aromatic heterocycles. The molecule has 2 fully saturated rings. The zero-order chi connectivity index (χ0) is 18.6. The molecule has 2 saturated heterocycles. The molecule has 1 spiro atoms. The molecule has 0 aromatic carbocycles. The van der Waals surface area contributed by atoms with Crippen LogP contribution in [0.5, 0.6) is 0 Å². The molecule has 138 valence electrons. The molecular weight excluding hydrogens is 310 g/mol. The first-order valence-corrected chi connectivity index (χ1v) is 8.38. The van der Waals surface area contributed by atoms with Crippen molar-refractivity contribution in [1.29, 1.82) is 0 Å². The highest BCUT2D eigenvalue weighted by Crippen LogP contribution is 2.44. The largest absolute Gasteiger partial charge is 0.376 e. The summed E-state index contributed by atoms with van der Waals surface area (Å²) in [6.07, 6.45) is 0.591. The quantitative estimate of drug-likeness (QED) is 0.761. The van der Waals surface area contributed by atoms with Crippen LogP contribution in [0.1, 0.15) is 54.4 Å². The van der Waals surface area contributed by atoms with Crippen LogP contribution in [-0.2, 0) is 9.53 Å². The molecule has 0 aliphatic carbocycles. The summed E-state index contributed by atoms with van der Waals surface area (Å²) in [5.74, 6) is -0.317. The lowest BCUT2D eigenvalue weighted by Crippen LogP contribution is -2.69. The lowest BCUT2D eigenvalue weighted by Gasteiger charge is -2.54. The predicted molar refractivity (Wildman–Crippen MR) is 90.1 cm³/mol. The third kappa shape index (κ3) is 3.43. The molecule has 2 atom stereocenters. The summed E-state index contributed by atoms with van der Waals surface area (Å²) in [5.41, 5.74) is -2.75. The minimum atomic E-state index is -1.19. The smallest absolute Gasteiger partial charge is 0.326 e. The molecule has 2 heterocycles. The van der Waals surface area contributed by atoms with E-state index in [4.69, 9.17) is 4.74 Å². The Kier molecular flexibility index (Phi) is 4.53. The van der Waals surface area contributed by atoms with E-state index in [1.165, 1.54) is 0 Å². The Morgan fingerprint density at radius 2 is 1.79 bits per heavy atom. The number of nitrogens with one attached hydrogen (secondary N) is 1. The summed E-state index contributed by atoms with van der Waals surface area (Å²) in [6.45, 7) is 12.0. The van der Waals surface area contributed by atoms with E-state index in [2.05, 4.69) is 5.32 Å². The highest BCUT2D eigenvalue weighted by molar-refractivity contribution is 6.07. The summed E-state index contributed by atoms with van der Waals surface area (Å²) >= 11 is 0. The Labute approximate surface area is 144 Å². The van der Waals surface area contributed by atoms with Gasteiger partial charge in [0, 0.05) is 12.0 Å². The Bertz CT molecular complexity index is 518. The van der Waals surface area contributed by atoms with Crippen LogP contribution >= 0.6 is 0 Å². The number of aliphatic hydroxyl groups is 1. The van der Waals surface area contributed by atoms with Crippen LogP contribution in [0.25, 0.3) is 0 Å². The van der Waals surface area contributed by atoms with E-state index in [9.17, 15) is 14.7 Å². The van der Waals surface area contributed by atoms with Crippen molar-refractivity contribution >= 4 is 11.9 Å². The Balaban J connectivity index is 2.18. The van der Waals surface area contributed by atoms with Gasteiger partial charge in [0.05, 0.1) is 6.61 Å². The van der Waals surface area contributed by atoms with Crippen molar-refractivity contribution in [2.24, 2.45) is 5.41 Å². The predicted octanol–water partition coefficient (Wildman–Crippen LogP) is 1.51. The molecule has 7 heteroatoms. The minimum absolute atomic E-state index is 0.0455. The number of hydrogen-bond acceptors (Lipinski definition) is 5. The normalized spacial score (nSPS) is 34.1. The van der Waals surface area contributed by atoms with E-state index in [0.717, 1.165) is 4.90 Å². The molecule has 0 bridgehead atoms. The third-order valence-corrected chi connectivity index (χ3v) is 5.00. The van der Waals surface area contributed by atoms with Crippen molar-refractivity contribution < 1.29 is 19.4 Å². The van der Waals surface area contributed by atoms with Crippen molar-refractivity contribution in [1.82, 2.24) is 15.1 Å². The number of nitrogens with zero attached hydrogens (tertiary/aromatic N) is 2. The number of piperidine rings is 1. The summed E-state index contributed by atoms with van der Waals surface area (Å²) in [7, 11) is 1.83. The van der Waals surface area contributed by atoms with Crippen LogP contribution in [0.4, 0.5) is 4.79 Å². The second-order valence-electron chi connectivity index (χ2n) is 9.23. The summed E-state index contributed by atoms with van der Waals surface area (Å²) < 4.78 is 5.55. The van der Waals surface area contributed by atoms with Crippen molar-refractivity contribution in [2.45, 2.75) is 71.2 Å². The summed E-state index contributed by atoms with van der Waals surface area (Å²) in [6, 6.07) is -0.454. The number of carbonyl (C=O) groups is 2. The van der Waals surface area contributed by atoms with Gasteiger partial charge in [-0.15, -0.1) is 0 Å². The number of amides is 3. The van der Waals surface area contributed by atoms with E-state index < -0.39 is 22.8 Å². The molecule has 2 aliphatic rings. The SMILES string of the molecule is CN1C(C)(C)CC2(CC1(C)O)NC(=O)N(COCC(C)(C)C)C2=O. The fourth-order valence-electron chi connectivity index (χ4n) is 3.74. The van der Waals surface area contributed by atoms with Crippen LogP contribution in [-0.4, -0.2) is 64.0 Å². The van der Waals surface area contributed by atoms with Crippen LogP contribution in [0, 0.1) is 5.41 Å². The molecule has 2 N–H and O–H groups in total. The fourth-order valence-corrected chi connectivity index (χ4v) is 3.74. The Hall–Kier alpha value is -1.18. The van der Waals surface area contributed by atoms with Gasteiger partial charge in [-0.2, -0.15) is 0 Å². The second kappa shape index (κ2) is 5.68. The first-order chi connectivity index (χ1) is 10.7. The number of carbonyl (C=O) groups excluding carboxylic acids is 2. The molecular formula is C17H31N3O4. The first-order valence-electron chi connectivity index (χ1n) is 8.38. The average molecular weight is 341 g/mol. The van der Waals surface area contributed by atoms with Crippen molar-refractivity contribution in [3.05, 3.63) is 0 Å². The van der Waals surface area contributed by atoms with Gasteiger partial charge in [-0.3, -0.25) is 9.69 Å². The highest BCUT2D eigenvalue weighted by Gasteiger charge is 2.61. The number of likely N-dealkylation sites (tertiary alicyclic amines) is 1. The maximum Gasteiger partial charge on any atom is 0.326 e. The highest BCUT2D eigenvalue weighted by atomic mass is 16.5. The molecule has 2 aliphatic heterocycles. The van der Waals surface area contributed by atoms with Gasteiger partial charge in [-0.25, -0.2) is 9.69 Å². The molecule has 2 unspecified atom stereocenters. The van der Waals surface area contributed by atoms with E-state index in [1.807, 2.05) is 46.6 Å². The third-order valence-electron chi connectivity index (χ3n) is 5.00. The lowest BCUT2D eigenvalue weighted by atomic mass is 9.72. The van der Waals surface area contributed by atoms with Gasteiger partial charge in [-0.05, 0) is 39.7 Å². The monoisotopic (exact) mass is 341 g/mol. The first kappa shape index (κ1) is 19.1. The van der Waals surface area contributed by atoms with Gasteiger partial charge >= 0.3 is 6.03 Å². The Morgan fingerprint density at radius 3 is 2.29 bits per heavy atom. The molecule has 0 aromatic rings. The van der Waals surface area contributed by atoms with Crippen molar-refractivity contribution in [3.8, 4) is 0 Å². The zero-order valence-electron chi connectivity index (χ0n) is 15.9. The van der Waals surface area contributed by atoms with Gasteiger partial charge in [-0.1, -0.05) is 20.8 Å². The lowest BCUT2D eigenvalue weighted by molar-refractivity contribution is -0.183. The number of imide groups is 1. The van der Waals surface area contributed by atoms with Crippen LogP contribution < -0.4 is 5.32 Å². The number of urea groups is 1. The van der Waals surface area contributed by atoms with Crippen LogP contribution in [0.15, 0.2) is 0 Å². The van der Waals surface area contributed by atoms with Crippen molar-refractivity contribution in [2.75, 3.05) is 20.4 Å². The summed E-state index contributed by atoms with van der Waals surface area (Å²) in [5, 5.41) is 13.6. The number of rotatable bonds is 3. The van der Waals surface area contributed by atoms with E-state index in [1.54, 1.807) is 6.92 Å². The topological polar surface area (TPSA) is 82.1 Å². The molecule has 2 rings (SSSR count). The van der Waals surface area contributed by atoms with Gasteiger partial charge in [0.25, 0.3) is 5.91 Å². The van der Waals surface area contributed by atoms with Gasteiger partial charge in [0.2, 0.25) is 0 Å². The van der Waals surface area contributed by atoms with Gasteiger partial charge in [0.15, 0.2) is 0 Å². The maximum atomic E-state index is 13.0. The van der Waals surface area contributed by atoms with Gasteiger partial charge < -0.3 is 15.2 Å². The zero-order valence-corrected chi connectivity index (χ0v) is 15.9. The van der Waals surface area contributed by atoms with Crippen LogP contribution in [0.3, 0.4) is 0 Å². The van der Waals surface area contributed by atoms with E-state index in [0.29, 0.717) is 13.0 Å². The molecule has 7 nitrogen and oxygen atoms in total. The maximum absolute atomic E-state index is 13.0. The average Bonchev–Trinajstić information content (AvgIpc) is 2.57. The minimum Gasteiger partial charge on any atom is -0.376 e. The van der Waals surface area contributed by atoms with Crippen molar-refractivity contribution in [3.63, 3.8) is 0 Å². The fraction of sp³-hybridized carbons (Fsp3) is 0.882. The number of ether oxygens (including phenoxy) is 1. The molecule has 0 radical (unpaired) electrons. The van der Waals surface area contributed by atoms with Crippen LogP contribution in [0.2, 0.25) is 0 Å². The van der Waals surface area contributed by atoms with E-state index in [-0.39, 0.29) is 24.5 Å². The molecule has 0 saturated carbocycles. The van der Waals surface area contributed by atoms with Gasteiger partial charge in [0.1, 0.15) is 18.0 Å². The molecule has 24 heavy (non-hydrogen) atoms. The number of hydrogen-bond donors (Lipinski definition) is 2. The standard InChI is InChI=1S/C17H31N3O4/c1-14(2,3)10-24-11-20-12(21)17(18-13(20)22)8-15(4,5)19(7)16(6,23)9-17/h23H,8-11H2,1-7H3,(H,18,22). The molecule has 3 amide bonds.